The summed E-state index contributed by atoms with van der Waals surface area (Å²) < 4.78 is 5.25. The molecule has 0 bridgehead atoms. The summed E-state index contributed by atoms with van der Waals surface area (Å²) in [6, 6.07) is 5.50. The molecule has 0 aromatic heterocycles. The average Bonchev–Trinajstić information content (AvgIpc) is 2.13. The van der Waals surface area contributed by atoms with Crippen molar-refractivity contribution in [2.45, 2.75) is 13.5 Å². The Labute approximate surface area is 78.3 Å². The van der Waals surface area contributed by atoms with Crippen LogP contribution in [0.4, 0.5) is 0 Å². The Hall–Kier alpha value is -1.22. The van der Waals surface area contributed by atoms with Gasteiger partial charge in [0, 0.05) is 12.1 Å². The van der Waals surface area contributed by atoms with Crippen molar-refractivity contribution in [3.05, 3.63) is 23.8 Å². The van der Waals surface area contributed by atoms with Crippen LogP contribution in [0.15, 0.2) is 18.2 Å². The molecular formula is C10H15NO2. The van der Waals surface area contributed by atoms with Gasteiger partial charge in [0.05, 0.1) is 6.61 Å². The number of phenolic OH excluding ortho intramolecular Hbond substituents is 1. The molecule has 0 spiro atoms. The molecule has 0 aliphatic heterocycles. The SMILES string of the molecule is CCOc1cccc(CNC)c1O. The van der Waals surface area contributed by atoms with E-state index in [1.807, 2.05) is 26.1 Å². The molecule has 0 radical (unpaired) electrons. The molecule has 13 heavy (non-hydrogen) atoms. The third kappa shape index (κ3) is 2.36. The highest BCUT2D eigenvalue weighted by Gasteiger charge is 2.05. The number of rotatable bonds is 4. The summed E-state index contributed by atoms with van der Waals surface area (Å²) in [5.41, 5.74) is 0.855. The molecule has 3 heteroatoms. The lowest BCUT2D eigenvalue weighted by molar-refractivity contribution is 0.316. The quantitative estimate of drug-likeness (QED) is 0.739. The molecule has 0 fully saturated rings. The van der Waals surface area contributed by atoms with Gasteiger partial charge in [0.25, 0.3) is 0 Å². The van der Waals surface area contributed by atoms with Gasteiger partial charge < -0.3 is 15.2 Å². The van der Waals surface area contributed by atoms with Crippen LogP contribution in [-0.2, 0) is 6.54 Å². The minimum atomic E-state index is 0.235. The van der Waals surface area contributed by atoms with Gasteiger partial charge in [0.1, 0.15) is 0 Å². The lowest BCUT2D eigenvalue weighted by Gasteiger charge is -2.09. The number of ether oxygens (including phenoxy) is 1. The lowest BCUT2D eigenvalue weighted by atomic mass is 10.2. The number of hydrogen-bond acceptors (Lipinski definition) is 3. The fraction of sp³-hybridized carbons (Fsp3) is 0.400. The molecule has 1 aromatic rings. The molecule has 0 aliphatic rings. The molecule has 0 aliphatic carbocycles. The summed E-state index contributed by atoms with van der Waals surface area (Å²) in [5, 5.41) is 12.7. The van der Waals surface area contributed by atoms with Crippen LogP contribution in [0, 0.1) is 0 Å². The summed E-state index contributed by atoms with van der Waals surface area (Å²) >= 11 is 0. The summed E-state index contributed by atoms with van der Waals surface area (Å²) in [6.07, 6.45) is 0. The third-order valence-corrected chi connectivity index (χ3v) is 1.75. The lowest BCUT2D eigenvalue weighted by Crippen LogP contribution is -2.05. The zero-order chi connectivity index (χ0) is 9.68. The number of aromatic hydroxyl groups is 1. The van der Waals surface area contributed by atoms with Crippen molar-refractivity contribution in [2.75, 3.05) is 13.7 Å². The van der Waals surface area contributed by atoms with E-state index in [9.17, 15) is 5.11 Å². The van der Waals surface area contributed by atoms with Gasteiger partial charge in [-0.25, -0.2) is 0 Å². The second kappa shape index (κ2) is 4.72. The van der Waals surface area contributed by atoms with Crippen molar-refractivity contribution in [1.82, 2.24) is 5.32 Å². The van der Waals surface area contributed by atoms with Crippen LogP contribution in [-0.4, -0.2) is 18.8 Å². The molecule has 0 heterocycles. The largest absolute Gasteiger partial charge is 0.504 e. The molecule has 0 saturated heterocycles. The Morgan fingerprint density at radius 1 is 1.46 bits per heavy atom. The second-order valence-electron chi connectivity index (χ2n) is 2.73. The first-order chi connectivity index (χ1) is 6.29. The van der Waals surface area contributed by atoms with Gasteiger partial charge in [-0.05, 0) is 20.0 Å². The highest BCUT2D eigenvalue weighted by atomic mass is 16.5. The van der Waals surface area contributed by atoms with Crippen molar-refractivity contribution in [3.63, 3.8) is 0 Å². The van der Waals surface area contributed by atoms with E-state index >= 15 is 0 Å². The maximum absolute atomic E-state index is 9.69. The molecule has 1 rings (SSSR count). The number of benzene rings is 1. The summed E-state index contributed by atoms with van der Waals surface area (Å²) in [4.78, 5) is 0. The summed E-state index contributed by atoms with van der Waals surface area (Å²) in [5.74, 6) is 0.786. The van der Waals surface area contributed by atoms with Crippen molar-refractivity contribution in [1.29, 1.82) is 0 Å². The molecule has 2 N–H and O–H groups in total. The third-order valence-electron chi connectivity index (χ3n) is 1.75. The molecular weight excluding hydrogens is 166 g/mol. The van der Waals surface area contributed by atoms with Crippen LogP contribution in [0.3, 0.4) is 0 Å². The molecule has 1 aromatic carbocycles. The first kappa shape index (κ1) is 9.86. The minimum absolute atomic E-state index is 0.235. The predicted octanol–water partition coefficient (Wildman–Crippen LogP) is 1.51. The first-order valence-electron chi connectivity index (χ1n) is 4.37. The molecule has 0 amide bonds. The van der Waals surface area contributed by atoms with Crippen molar-refractivity contribution < 1.29 is 9.84 Å². The first-order valence-corrected chi connectivity index (χ1v) is 4.37. The van der Waals surface area contributed by atoms with E-state index in [1.54, 1.807) is 6.07 Å². The fourth-order valence-electron chi connectivity index (χ4n) is 1.17. The van der Waals surface area contributed by atoms with Gasteiger partial charge >= 0.3 is 0 Å². The van der Waals surface area contributed by atoms with Gasteiger partial charge in [-0.15, -0.1) is 0 Å². The molecule has 3 nitrogen and oxygen atoms in total. The van der Waals surface area contributed by atoms with Crippen LogP contribution in [0.5, 0.6) is 11.5 Å². The zero-order valence-corrected chi connectivity index (χ0v) is 8.00. The topological polar surface area (TPSA) is 41.5 Å². The molecule has 0 saturated carbocycles. The van der Waals surface area contributed by atoms with E-state index in [1.165, 1.54) is 0 Å². The minimum Gasteiger partial charge on any atom is -0.504 e. The summed E-state index contributed by atoms with van der Waals surface area (Å²) in [7, 11) is 1.84. The normalized spacial score (nSPS) is 10.0. The van der Waals surface area contributed by atoms with Crippen molar-refractivity contribution in [3.8, 4) is 11.5 Å². The second-order valence-corrected chi connectivity index (χ2v) is 2.73. The van der Waals surface area contributed by atoms with E-state index in [0.29, 0.717) is 18.9 Å². The highest BCUT2D eigenvalue weighted by molar-refractivity contribution is 5.45. The monoisotopic (exact) mass is 181 g/mol. The maximum Gasteiger partial charge on any atom is 0.162 e. The van der Waals surface area contributed by atoms with E-state index in [4.69, 9.17) is 4.74 Å². The van der Waals surface area contributed by atoms with Crippen molar-refractivity contribution in [2.24, 2.45) is 0 Å². The number of nitrogens with one attached hydrogen (secondary N) is 1. The van der Waals surface area contributed by atoms with Crippen LogP contribution in [0.1, 0.15) is 12.5 Å². The van der Waals surface area contributed by atoms with E-state index < -0.39 is 0 Å². The van der Waals surface area contributed by atoms with Gasteiger partial charge in [-0.3, -0.25) is 0 Å². The molecule has 0 atom stereocenters. The fourth-order valence-corrected chi connectivity index (χ4v) is 1.17. The Morgan fingerprint density at radius 3 is 2.85 bits per heavy atom. The predicted molar refractivity (Wildman–Crippen MR) is 52.0 cm³/mol. The van der Waals surface area contributed by atoms with E-state index in [2.05, 4.69) is 5.32 Å². The van der Waals surface area contributed by atoms with Gasteiger partial charge in [0.2, 0.25) is 0 Å². The Bertz CT molecular complexity index is 249. The molecule has 72 valence electrons. The standard InChI is InChI=1S/C10H15NO2/c1-3-13-9-6-4-5-8(7-11-2)10(9)12/h4-6,11-12H,3,7H2,1-2H3. The van der Waals surface area contributed by atoms with E-state index in [-0.39, 0.29) is 5.75 Å². The highest BCUT2D eigenvalue weighted by Crippen LogP contribution is 2.29. The maximum atomic E-state index is 9.69. The zero-order valence-electron chi connectivity index (χ0n) is 8.00. The van der Waals surface area contributed by atoms with Gasteiger partial charge in [-0.1, -0.05) is 12.1 Å². The average molecular weight is 181 g/mol. The Kier molecular flexibility index (Phi) is 3.58. The molecule has 0 unspecified atom stereocenters. The Balaban J connectivity index is 2.89. The van der Waals surface area contributed by atoms with Crippen molar-refractivity contribution >= 4 is 0 Å². The van der Waals surface area contributed by atoms with Crippen LogP contribution < -0.4 is 10.1 Å². The number of para-hydroxylation sites is 1. The smallest absolute Gasteiger partial charge is 0.162 e. The van der Waals surface area contributed by atoms with E-state index in [0.717, 1.165) is 5.56 Å². The van der Waals surface area contributed by atoms with Crippen LogP contribution in [0.2, 0.25) is 0 Å². The summed E-state index contributed by atoms with van der Waals surface area (Å²) in [6.45, 7) is 3.10. The van der Waals surface area contributed by atoms with Crippen LogP contribution in [0.25, 0.3) is 0 Å². The van der Waals surface area contributed by atoms with Gasteiger partial charge in [0.15, 0.2) is 11.5 Å². The Morgan fingerprint density at radius 2 is 2.23 bits per heavy atom. The van der Waals surface area contributed by atoms with Gasteiger partial charge in [-0.2, -0.15) is 0 Å². The number of phenols is 1. The number of hydrogen-bond donors (Lipinski definition) is 2. The van der Waals surface area contributed by atoms with Crippen LogP contribution >= 0.6 is 0 Å².